The normalized spacial score (nSPS) is 12.4. The maximum atomic E-state index is 12.4. The van der Waals surface area contributed by atoms with Gasteiger partial charge in [-0.05, 0) is 17.2 Å². The second-order valence-electron chi connectivity index (χ2n) is 5.75. The molecule has 1 heterocycles. The number of anilines is 1. The molecule has 0 aliphatic rings. The van der Waals surface area contributed by atoms with Gasteiger partial charge in [-0.1, -0.05) is 45.0 Å². The smallest absolute Gasteiger partial charge is 0.253 e. The molecule has 21 heavy (non-hydrogen) atoms. The second-order valence-corrected chi connectivity index (χ2v) is 5.75. The molecule has 112 valence electrons. The van der Waals surface area contributed by atoms with Gasteiger partial charge in [0, 0.05) is 25.2 Å². The molecule has 0 aliphatic heterocycles. The minimum atomic E-state index is -0.0612. The van der Waals surface area contributed by atoms with E-state index in [2.05, 4.69) is 36.4 Å². The van der Waals surface area contributed by atoms with E-state index < -0.39 is 0 Å². The van der Waals surface area contributed by atoms with Crippen molar-refractivity contribution in [1.29, 1.82) is 0 Å². The minimum absolute atomic E-state index is 0.0612. The van der Waals surface area contributed by atoms with Crippen molar-refractivity contribution in [3.05, 3.63) is 36.0 Å². The zero-order chi connectivity index (χ0) is 15.4. The first-order chi connectivity index (χ1) is 10.0. The van der Waals surface area contributed by atoms with Crippen molar-refractivity contribution in [3.63, 3.8) is 0 Å². The highest BCUT2D eigenvalue weighted by Gasteiger charge is 2.14. The number of hydrogen-bond donors (Lipinski definition) is 2. The zero-order valence-electron chi connectivity index (χ0n) is 13.1. The monoisotopic (exact) mass is 285 g/mol. The molecule has 1 unspecified atom stereocenters. The molecule has 0 radical (unpaired) electrons. The van der Waals surface area contributed by atoms with E-state index in [9.17, 15) is 4.79 Å². The van der Waals surface area contributed by atoms with Gasteiger partial charge in [0.15, 0.2) is 0 Å². The van der Waals surface area contributed by atoms with Gasteiger partial charge in [-0.3, -0.25) is 4.79 Å². The van der Waals surface area contributed by atoms with Crippen LogP contribution in [-0.2, 0) is 0 Å². The van der Waals surface area contributed by atoms with Crippen LogP contribution in [0.2, 0.25) is 0 Å². The summed E-state index contributed by atoms with van der Waals surface area (Å²) in [6, 6.07) is 7.82. The first kappa shape index (κ1) is 15.3. The number of rotatable bonds is 5. The highest BCUT2D eigenvalue weighted by atomic mass is 16.1. The number of hydrogen-bond acceptors (Lipinski definition) is 3. The Morgan fingerprint density at radius 3 is 2.48 bits per heavy atom. The van der Waals surface area contributed by atoms with E-state index in [4.69, 9.17) is 0 Å². The molecule has 0 bridgehead atoms. The number of pyridine rings is 1. The van der Waals surface area contributed by atoms with E-state index >= 15 is 0 Å². The van der Waals surface area contributed by atoms with Crippen LogP contribution in [0, 0.1) is 11.8 Å². The van der Waals surface area contributed by atoms with Gasteiger partial charge in [-0.15, -0.1) is 0 Å². The van der Waals surface area contributed by atoms with E-state index in [1.807, 2.05) is 31.3 Å². The van der Waals surface area contributed by atoms with Gasteiger partial charge >= 0.3 is 0 Å². The van der Waals surface area contributed by atoms with Crippen LogP contribution in [-0.4, -0.2) is 24.5 Å². The van der Waals surface area contributed by atoms with E-state index in [1.165, 1.54) is 0 Å². The van der Waals surface area contributed by atoms with Crippen molar-refractivity contribution in [2.45, 2.75) is 20.8 Å². The van der Waals surface area contributed by atoms with Crippen LogP contribution in [0.1, 0.15) is 31.1 Å². The standard InChI is InChI=1S/C17H23N3O/c1-11(2)12(3)9-20-17(21)15-10-19-16(18-4)14-8-6-5-7-13(14)15/h5-8,10-12H,9H2,1-4H3,(H,18,19)(H,20,21). The molecule has 4 heteroatoms. The fourth-order valence-corrected chi connectivity index (χ4v) is 2.16. The zero-order valence-corrected chi connectivity index (χ0v) is 13.1. The van der Waals surface area contributed by atoms with Crippen LogP contribution in [0.4, 0.5) is 5.82 Å². The Bertz CT molecular complexity index is 637. The molecular formula is C17H23N3O. The highest BCUT2D eigenvalue weighted by Crippen LogP contribution is 2.24. The van der Waals surface area contributed by atoms with Gasteiger partial charge < -0.3 is 10.6 Å². The number of benzene rings is 1. The molecule has 2 N–H and O–H groups in total. The number of carbonyl (C=O) groups is 1. The molecule has 0 aliphatic carbocycles. The fourth-order valence-electron chi connectivity index (χ4n) is 2.16. The van der Waals surface area contributed by atoms with Crippen LogP contribution in [0.3, 0.4) is 0 Å². The number of fused-ring (bicyclic) bond motifs is 1. The number of carbonyl (C=O) groups excluding carboxylic acids is 1. The summed E-state index contributed by atoms with van der Waals surface area (Å²) in [7, 11) is 1.83. The predicted octanol–water partition coefficient (Wildman–Crippen LogP) is 3.30. The lowest BCUT2D eigenvalue weighted by atomic mass is 9.98. The first-order valence-electron chi connectivity index (χ1n) is 7.38. The molecule has 2 rings (SSSR count). The van der Waals surface area contributed by atoms with Crippen LogP contribution in [0.5, 0.6) is 0 Å². The Hall–Kier alpha value is -2.10. The summed E-state index contributed by atoms with van der Waals surface area (Å²) in [5.74, 6) is 1.73. The molecule has 1 aromatic heterocycles. The van der Waals surface area contributed by atoms with Crippen LogP contribution < -0.4 is 10.6 Å². The van der Waals surface area contributed by atoms with E-state index in [0.29, 0.717) is 23.9 Å². The number of nitrogens with one attached hydrogen (secondary N) is 2. The Morgan fingerprint density at radius 2 is 1.86 bits per heavy atom. The third-order valence-corrected chi connectivity index (χ3v) is 4.00. The molecular weight excluding hydrogens is 262 g/mol. The van der Waals surface area contributed by atoms with E-state index in [1.54, 1.807) is 6.20 Å². The van der Waals surface area contributed by atoms with Crippen molar-refractivity contribution >= 4 is 22.5 Å². The summed E-state index contributed by atoms with van der Waals surface area (Å²) in [6.07, 6.45) is 1.64. The second kappa shape index (κ2) is 6.57. The lowest BCUT2D eigenvalue weighted by molar-refractivity contribution is 0.0946. The summed E-state index contributed by atoms with van der Waals surface area (Å²) in [6.45, 7) is 7.15. The van der Waals surface area contributed by atoms with Crippen LogP contribution in [0.15, 0.2) is 30.5 Å². The first-order valence-corrected chi connectivity index (χ1v) is 7.38. The maximum Gasteiger partial charge on any atom is 0.253 e. The molecule has 0 fully saturated rings. The van der Waals surface area contributed by atoms with Gasteiger partial charge in [0.2, 0.25) is 0 Å². The molecule has 2 aromatic rings. The average molecular weight is 285 g/mol. The Kier molecular flexibility index (Phi) is 4.78. The van der Waals surface area contributed by atoms with Gasteiger partial charge in [-0.25, -0.2) is 4.98 Å². The molecule has 1 amide bonds. The summed E-state index contributed by atoms with van der Waals surface area (Å²) < 4.78 is 0. The Morgan fingerprint density at radius 1 is 1.19 bits per heavy atom. The lowest BCUT2D eigenvalue weighted by Gasteiger charge is -2.16. The van der Waals surface area contributed by atoms with E-state index in [0.717, 1.165) is 16.6 Å². The Balaban J connectivity index is 2.28. The SMILES string of the molecule is CNc1ncc(C(=O)NCC(C)C(C)C)c2ccccc12. The minimum Gasteiger partial charge on any atom is -0.373 e. The van der Waals surface area contributed by atoms with E-state index in [-0.39, 0.29) is 5.91 Å². The average Bonchev–Trinajstić information content (AvgIpc) is 2.50. The topological polar surface area (TPSA) is 54.0 Å². The largest absolute Gasteiger partial charge is 0.373 e. The predicted molar refractivity (Wildman–Crippen MR) is 87.6 cm³/mol. The maximum absolute atomic E-state index is 12.4. The number of nitrogens with zero attached hydrogens (tertiary/aromatic N) is 1. The third kappa shape index (κ3) is 3.32. The van der Waals surface area contributed by atoms with Gasteiger partial charge in [0.1, 0.15) is 5.82 Å². The van der Waals surface area contributed by atoms with Gasteiger partial charge in [0.05, 0.1) is 5.56 Å². The summed E-state index contributed by atoms with van der Waals surface area (Å²) >= 11 is 0. The molecule has 0 saturated heterocycles. The number of amides is 1. The molecule has 1 aromatic carbocycles. The third-order valence-electron chi connectivity index (χ3n) is 4.00. The highest BCUT2D eigenvalue weighted by molar-refractivity contribution is 6.09. The summed E-state index contributed by atoms with van der Waals surface area (Å²) in [5, 5.41) is 7.95. The van der Waals surface area contributed by atoms with Crippen molar-refractivity contribution in [2.75, 3.05) is 18.9 Å². The molecule has 4 nitrogen and oxygen atoms in total. The molecule has 0 spiro atoms. The van der Waals surface area contributed by atoms with Crippen LogP contribution >= 0.6 is 0 Å². The summed E-state index contributed by atoms with van der Waals surface area (Å²) in [4.78, 5) is 16.8. The van der Waals surface area contributed by atoms with Crippen molar-refractivity contribution < 1.29 is 4.79 Å². The van der Waals surface area contributed by atoms with Crippen molar-refractivity contribution in [2.24, 2.45) is 11.8 Å². The lowest BCUT2D eigenvalue weighted by Crippen LogP contribution is -2.30. The van der Waals surface area contributed by atoms with Gasteiger partial charge in [0.25, 0.3) is 5.91 Å². The fraction of sp³-hybridized carbons (Fsp3) is 0.412. The molecule has 0 saturated carbocycles. The quantitative estimate of drug-likeness (QED) is 0.886. The van der Waals surface area contributed by atoms with Crippen LogP contribution in [0.25, 0.3) is 10.8 Å². The Labute approximate surface area is 126 Å². The number of aromatic nitrogens is 1. The summed E-state index contributed by atoms with van der Waals surface area (Å²) in [5.41, 5.74) is 0.626. The van der Waals surface area contributed by atoms with Gasteiger partial charge in [-0.2, -0.15) is 0 Å². The van der Waals surface area contributed by atoms with Crippen molar-refractivity contribution in [1.82, 2.24) is 10.3 Å². The van der Waals surface area contributed by atoms with Crippen molar-refractivity contribution in [3.8, 4) is 0 Å². The molecule has 1 atom stereocenters.